The Hall–Kier alpha value is -3.12. The third-order valence-electron chi connectivity index (χ3n) is 7.25. The maximum Gasteiger partial charge on any atom is 0.573 e. The van der Waals surface area contributed by atoms with Gasteiger partial charge in [0.2, 0.25) is 21.8 Å². The third kappa shape index (κ3) is 5.51. The molecule has 2 amide bonds. The molecular formula is C26H28F3N3O5S. The Morgan fingerprint density at radius 1 is 0.974 bits per heavy atom. The molecule has 0 spiro atoms. The van der Waals surface area contributed by atoms with Crippen LogP contribution in [-0.2, 0) is 26.0 Å². The highest BCUT2D eigenvalue weighted by Gasteiger charge is 2.40. The number of amides is 2. The number of alkyl halides is 3. The monoisotopic (exact) mass is 551 g/mol. The lowest BCUT2D eigenvalue weighted by Gasteiger charge is -2.30. The maximum atomic E-state index is 13.4. The van der Waals surface area contributed by atoms with Crippen LogP contribution in [0.15, 0.2) is 47.4 Å². The zero-order valence-corrected chi connectivity index (χ0v) is 21.5. The smallest absolute Gasteiger partial charge is 0.406 e. The number of fused-ring (bicyclic) bond motifs is 1. The first-order valence-electron chi connectivity index (χ1n) is 12.6. The molecule has 0 aromatic heterocycles. The average molecular weight is 552 g/mol. The molecule has 3 aliphatic rings. The molecule has 38 heavy (non-hydrogen) atoms. The van der Waals surface area contributed by atoms with E-state index in [9.17, 15) is 31.2 Å². The number of sulfonamides is 1. The lowest BCUT2D eigenvalue weighted by Crippen LogP contribution is -2.41. The average Bonchev–Trinajstić information content (AvgIpc) is 3.66. The predicted molar refractivity (Wildman–Crippen MR) is 133 cm³/mol. The molecule has 1 N–H and O–H groups in total. The molecule has 2 aromatic carbocycles. The Kier molecular flexibility index (Phi) is 6.89. The Morgan fingerprint density at radius 2 is 1.63 bits per heavy atom. The van der Waals surface area contributed by atoms with E-state index in [0.717, 1.165) is 36.2 Å². The number of rotatable bonds is 6. The Morgan fingerprint density at radius 3 is 2.24 bits per heavy atom. The molecule has 2 aromatic rings. The van der Waals surface area contributed by atoms with E-state index < -0.39 is 28.1 Å². The molecule has 1 saturated heterocycles. The number of piperidine rings is 1. The number of benzene rings is 2. The number of anilines is 2. The number of hydrogen-bond acceptors (Lipinski definition) is 5. The van der Waals surface area contributed by atoms with Crippen molar-refractivity contribution in [3.63, 3.8) is 0 Å². The summed E-state index contributed by atoms with van der Waals surface area (Å²) in [5, 5.41) is 2.67. The highest BCUT2D eigenvalue weighted by molar-refractivity contribution is 7.89. The topological polar surface area (TPSA) is 96.0 Å². The van der Waals surface area contributed by atoms with Gasteiger partial charge in [0, 0.05) is 42.3 Å². The fourth-order valence-corrected chi connectivity index (χ4v) is 6.64. The predicted octanol–water partition coefficient (Wildman–Crippen LogP) is 4.31. The minimum absolute atomic E-state index is 0.0151. The summed E-state index contributed by atoms with van der Waals surface area (Å²) in [5.74, 6) is -0.961. The molecule has 5 rings (SSSR count). The van der Waals surface area contributed by atoms with E-state index in [2.05, 4.69) is 10.1 Å². The Labute approximate surface area is 218 Å². The zero-order valence-electron chi connectivity index (χ0n) is 20.7. The summed E-state index contributed by atoms with van der Waals surface area (Å²) in [4.78, 5) is 27.3. The van der Waals surface area contributed by atoms with Crippen LogP contribution in [0.2, 0.25) is 0 Å². The molecule has 204 valence electrons. The van der Waals surface area contributed by atoms with Crippen molar-refractivity contribution in [2.75, 3.05) is 23.3 Å². The van der Waals surface area contributed by atoms with Crippen LogP contribution in [0.25, 0.3) is 0 Å². The molecule has 1 saturated carbocycles. The second kappa shape index (κ2) is 9.88. The van der Waals surface area contributed by atoms with Gasteiger partial charge in [0.25, 0.3) is 0 Å². The minimum Gasteiger partial charge on any atom is -0.406 e. The summed E-state index contributed by atoms with van der Waals surface area (Å²) in [6.45, 7) is 2.30. The molecule has 1 aliphatic carbocycles. The summed E-state index contributed by atoms with van der Waals surface area (Å²) in [5.41, 5.74) is 1.94. The molecule has 0 unspecified atom stereocenters. The maximum absolute atomic E-state index is 13.4. The van der Waals surface area contributed by atoms with Crippen LogP contribution in [0.5, 0.6) is 5.75 Å². The van der Waals surface area contributed by atoms with Crippen LogP contribution in [-0.4, -0.2) is 50.0 Å². The zero-order chi connectivity index (χ0) is 27.2. The van der Waals surface area contributed by atoms with Crippen molar-refractivity contribution < 1.29 is 35.9 Å². The van der Waals surface area contributed by atoms with Crippen LogP contribution in [0.4, 0.5) is 24.5 Å². The largest absolute Gasteiger partial charge is 0.573 e. The Bertz CT molecular complexity index is 1330. The normalized spacial score (nSPS) is 20.7. The van der Waals surface area contributed by atoms with E-state index in [1.54, 1.807) is 23.1 Å². The van der Waals surface area contributed by atoms with E-state index in [4.69, 9.17) is 0 Å². The van der Waals surface area contributed by atoms with E-state index in [-0.39, 0.29) is 41.8 Å². The summed E-state index contributed by atoms with van der Waals surface area (Å²) >= 11 is 0. The first kappa shape index (κ1) is 26.5. The quantitative estimate of drug-likeness (QED) is 0.577. The summed E-state index contributed by atoms with van der Waals surface area (Å²) < 4.78 is 68.8. The fraction of sp³-hybridized carbons (Fsp3) is 0.462. The molecule has 2 aliphatic heterocycles. The minimum atomic E-state index is -4.80. The van der Waals surface area contributed by atoms with Gasteiger partial charge >= 0.3 is 6.36 Å². The van der Waals surface area contributed by atoms with Crippen molar-refractivity contribution in [3.8, 4) is 5.75 Å². The van der Waals surface area contributed by atoms with Crippen molar-refractivity contribution >= 4 is 33.2 Å². The SMILES string of the molecule is C[C@H]1Cc2cc(S(=O)(=O)N3CCC(C(=O)Nc4ccc(OC(F)(F)F)cc4)CC3)ccc2N1C(=O)C1CC1. The number of halogens is 3. The van der Waals surface area contributed by atoms with Crippen LogP contribution in [0, 0.1) is 11.8 Å². The Balaban J connectivity index is 1.19. The van der Waals surface area contributed by atoms with Crippen molar-refractivity contribution in [2.24, 2.45) is 11.8 Å². The van der Waals surface area contributed by atoms with Crippen molar-refractivity contribution in [1.29, 1.82) is 0 Å². The van der Waals surface area contributed by atoms with Gasteiger partial charge in [-0.15, -0.1) is 13.2 Å². The first-order chi connectivity index (χ1) is 17.9. The standard InChI is InChI=1S/C26H28F3N3O5S/c1-16-14-19-15-22(8-9-23(19)32(16)25(34)18-2-3-18)38(35,36)31-12-10-17(11-13-31)24(33)30-20-4-6-21(7-5-20)37-26(27,28)29/h4-9,15-18H,2-3,10-14H2,1H3,(H,30,33)/t16-/m0/s1. The van der Waals surface area contributed by atoms with Crippen LogP contribution < -0.4 is 15.0 Å². The molecule has 0 radical (unpaired) electrons. The van der Waals surface area contributed by atoms with Gasteiger partial charge in [-0.2, -0.15) is 4.31 Å². The van der Waals surface area contributed by atoms with Gasteiger partial charge in [-0.25, -0.2) is 8.42 Å². The van der Waals surface area contributed by atoms with Crippen molar-refractivity contribution in [3.05, 3.63) is 48.0 Å². The van der Waals surface area contributed by atoms with Crippen LogP contribution in [0.1, 0.15) is 38.2 Å². The van der Waals surface area contributed by atoms with Gasteiger partial charge in [-0.3, -0.25) is 9.59 Å². The van der Waals surface area contributed by atoms with Crippen molar-refractivity contribution in [2.45, 2.75) is 56.3 Å². The number of hydrogen-bond donors (Lipinski definition) is 1. The summed E-state index contributed by atoms with van der Waals surface area (Å²) in [6, 6.07) is 9.75. The first-order valence-corrected chi connectivity index (χ1v) is 14.0. The molecular weight excluding hydrogens is 523 g/mol. The fourth-order valence-electron chi connectivity index (χ4n) is 5.12. The van der Waals surface area contributed by atoms with Crippen molar-refractivity contribution in [1.82, 2.24) is 4.31 Å². The number of nitrogens with one attached hydrogen (secondary N) is 1. The molecule has 2 heterocycles. The van der Waals surface area contributed by atoms with Gasteiger partial charge in [0.1, 0.15) is 5.75 Å². The lowest BCUT2D eigenvalue weighted by molar-refractivity contribution is -0.274. The summed E-state index contributed by atoms with van der Waals surface area (Å²) in [6.07, 6.45) is -1.77. The lowest BCUT2D eigenvalue weighted by atomic mass is 9.97. The second-order valence-corrected chi connectivity index (χ2v) is 12.0. The van der Waals surface area contributed by atoms with Gasteiger partial charge in [-0.05, 0) is 87.1 Å². The molecule has 1 atom stereocenters. The van der Waals surface area contributed by atoms with Gasteiger partial charge in [-0.1, -0.05) is 0 Å². The third-order valence-corrected chi connectivity index (χ3v) is 9.14. The van der Waals surface area contributed by atoms with E-state index in [1.807, 2.05) is 6.92 Å². The highest BCUT2D eigenvalue weighted by Crippen LogP contribution is 2.40. The number of ether oxygens (including phenoxy) is 1. The number of carbonyl (C=O) groups is 2. The summed E-state index contributed by atoms with van der Waals surface area (Å²) in [7, 11) is -3.78. The van der Waals surface area contributed by atoms with E-state index in [1.165, 1.54) is 16.4 Å². The number of carbonyl (C=O) groups excluding carboxylic acids is 2. The molecule has 0 bridgehead atoms. The van der Waals surface area contributed by atoms with E-state index in [0.29, 0.717) is 24.9 Å². The van der Waals surface area contributed by atoms with E-state index >= 15 is 0 Å². The van der Waals surface area contributed by atoms with Gasteiger partial charge < -0.3 is 15.0 Å². The molecule has 2 fully saturated rings. The molecule has 8 nitrogen and oxygen atoms in total. The molecule has 12 heteroatoms. The van der Waals surface area contributed by atoms with Gasteiger partial charge in [0.15, 0.2) is 0 Å². The van der Waals surface area contributed by atoms with Crippen LogP contribution >= 0.6 is 0 Å². The van der Waals surface area contributed by atoms with Crippen LogP contribution in [0.3, 0.4) is 0 Å². The highest BCUT2D eigenvalue weighted by atomic mass is 32.2. The number of nitrogens with zero attached hydrogens (tertiary/aromatic N) is 2. The second-order valence-electron chi connectivity index (χ2n) is 10.1. The van der Waals surface area contributed by atoms with Gasteiger partial charge in [0.05, 0.1) is 4.90 Å².